The predicted octanol–water partition coefficient (Wildman–Crippen LogP) is 3.86. The Morgan fingerprint density at radius 1 is 0.943 bits per heavy atom. The summed E-state index contributed by atoms with van der Waals surface area (Å²) in [6, 6.07) is 13.9. The van der Waals surface area contributed by atoms with Crippen LogP contribution in [0.4, 0.5) is 21.8 Å². The quantitative estimate of drug-likeness (QED) is 0.549. The van der Waals surface area contributed by atoms with E-state index in [2.05, 4.69) is 9.80 Å². The Kier molecular flexibility index (Phi) is 6.47. The molecule has 2 aliphatic rings. The largest absolute Gasteiger partial charge is 0.366 e. The van der Waals surface area contributed by atoms with E-state index in [0.29, 0.717) is 67.9 Å². The Labute approximate surface area is 209 Å². The lowest BCUT2D eigenvalue weighted by atomic mass is 10.0. The molecule has 182 valence electrons. The lowest BCUT2D eigenvalue weighted by Crippen LogP contribution is -2.47. The average molecular weight is 495 g/mol. The maximum absolute atomic E-state index is 14.2. The van der Waals surface area contributed by atoms with Crippen LogP contribution < -0.4 is 14.7 Å². The smallest absolute Gasteiger partial charge is 0.254 e. The molecule has 0 radical (unpaired) electrons. The Hall–Kier alpha value is -3.39. The van der Waals surface area contributed by atoms with E-state index in [-0.39, 0.29) is 11.7 Å². The molecule has 0 spiro atoms. The topological polar surface area (TPSA) is 55.8 Å². The Morgan fingerprint density at radius 3 is 2.31 bits per heavy atom. The van der Waals surface area contributed by atoms with Crippen LogP contribution in [0.3, 0.4) is 0 Å². The van der Waals surface area contributed by atoms with Gasteiger partial charge in [0.25, 0.3) is 5.91 Å². The third-order valence-electron chi connectivity index (χ3n) is 6.58. The zero-order valence-electron chi connectivity index (χ0n) is 19.9. The summed E-state index contributed by atoms with van der Waals surface area (Å²) in [5, 5.41) is 0.607. The van der Waals surface area contributed by atoms with Gasteiger partial charge < -0.3 is 19.6 Å². The van der Waals surface area contributed by atoms with Gasteiger partial charge in [-0.3, -0.25) is 4.79 Å². The van der Waals surface area contributed by atoms with Crippen LogP contribution in [0.2, 0.25) is 5.02 Å². The third kappa shape index (κ3) is 4.75. The van der Waals surface area contributed by atoms with Crippen LogP contribution >= 0.6 is 11.6 Å². The maximum atomic E-state index is 14.2. The molecular formula is C26H28ClFN6O. The zero-order valence-corrected chi connectivity index (χ0v) is 20.7. The van der Waals surface area contributed by atoms with Gasteiger partial charge in [0.1, 0.15) is 11.6 Å². The van der Waals surface area contributed by atoms with Crippen molar-refractivity contribution in [3.8, 4) is 0 Å². The molecule has 2 aliphatic heterocycles. The van der Waals surface area contributed by atoms with Gasteiger partial charge in [-0.1, -0.05) is 23.7 Å². The van der Waals surface area contributed by atoms with Gasteiger partial charge in [0, 0.05) is 69.4 Å². The number of hydrogen-bond donors (Lipinski definition) is 0. The standard InChI is InChI=1S/C26H28ClFN6O/c1-31(2)24-20-17-34(25(35)18-7-9-19(27)10-8-18)12-11-22(20)29-26(30-24)33-15-13-32(14-16-33)23-6-4-3-5-21(23)28/h3-10H,11-17H2,1-2H3. The van der Waals surface area contributed by atoms with Crippen molar-refractivity contribution in [2.45, 2.75) is 13.0 Å². The van der Waals surface area contributed by atoms with Gasteiger partial charge in [-0.25, -0.2) is 9.37 Å². The summed E-state index contributed by atoms with van der Waals surface area (Å²) in [5.41, 5.74) is 3.22. The molecular weight excluding hydrogens is 467 g/mol. The SMILES string of the molecule is CN(C)c1nc(N2CCN(c3ccccc3F)CC2)nc2c1CN(C(=O)c1ccc(Cl)cc1)CC2. The highest BCUT2D eigenvalue weighted by atomic mass is 35.5. The second-order valence-electron chi connectivity index (χ2n) is 9.08. The fourth-order valence-corrected chi connectivity index (χ4v) is 4.83. The Morgan fingerprint density at radius 2 is 1.63 bits per heavy atom. The first-order valence-electron chi connectivity index (χ1n) is 11.8. The molecule has 9 heteroatoms. The first kappa shape index (κ1) is 23.4. The van der Waals surface area contributed by atoms with Gasteiger partial charge in [0.2, 0.25) is 5.95 Å². The molecule has 0 bridgehead atoms. The minimum absolute atomic E-state index is 0.0228. The summed E-state index contributed by atoms with van der Waals surface area (Å²) in [6.45, 7) is 3.87. The first-order chi connectivity index (χ1) is 16.9. The molecule has 7 nitrogen and oxygen atoms in total. The second kappa shape index (κ2) is 9.70. The van der Waals surface area contributed by atoms with Gasteiger partial charge in [0.05, 0.1) is 17.9 Å². The van der Waals surface area contributed by atoms with Crippen LogP contribution in [-0.2, 0) is 13.0 Å². The zero-order chi connectivity index (χ0) is 24.5. The van der Waals surface area contributed by atoms with E-state index in [0.717, 1.165) is 17.1 Å². The highest BCUT2D eigenvalue weighted by Crippen LogP contribution is 2.30. The number of anilines is 3. The van der Waals surface area contributed by atoms with E-state index >= 15 is 0 Å². The van der Waals surface area contributed by atoms with Crippen molar-refractivity contribution in [3.05, 3.63) is 76.2 Å². The van der Waals surface area contributed by atoms with Crippen molar-refractivity contribution in [1.82, 2.24) is 14.9 Å². The number of fused-ring (bicyclic) bond motifs is 1. The summed E-state index contributed by atoms with van der Waals surface area (Å²) < 4.78 is 14.2. The molecule has 3 aromatic rings. The average Bonchev–Trinajstić information content (AvgIpc) is 2.88. The third-order valence-corrected chi connectivity index (χ3v) is 6.84. The summed E-state index contributed by atoms with van der Waals surface area (Å²) in [5.74, 6) is 1.30. The van der Waals surface area contributed by atoms with E-state index < -0.39 is 0 Å². The molecule has 1 amide bonds. The summed E-state index contributed by atoms with van der Waals surface area (Å²) in [6.07, 6.45) is 0.667. The number of amides is 1. The number of aromatic nitrogens is 2. The number of piperazine rings is 1. The number of carbonyl (C=O) groups is 1. The van der Waals surface area contributed by atoms with Crippen molar-refractivity contribution >= 4 is 35.0 Å². The van der Waals surface area contributed by atoms with Gasteiger partial charge in [-0.15, -0.1) is 0 Å². The predicted molar refractivity (Wildman–Crippen MR) is 137 cm³/mol. The van der Waals surface area contributed by atoms with Crippen LogP contribution in [0, 0.1) is 5.82 Å². The lowest BCUT2D eigenvalue weighted by Gasteiger charge is -2.37. The lowest BCUT2D eigenvalue weighted by molar-refractivity contribution is 0.0733. The second-order valence-corrected chi connectivity index (χ2v) is 9.51. The van der Waals surface area contributed by atoms with E-state index in [1.807, 2.05) is 36.0 Å². The monoisotopic (exact) mass is 494 g/mol. The number of hydrogen-bond acceptors (Lipinski definition) is 6. The number of benzene rings is 2. The van der Waals surface area contributed by atoms with Gasteiger partial charge in [0.15, 0.2) is 0 Å². The molecule has 2 aromatic carbocycles. The summed E-state index contributed by atoms with van der Waals surface area (Å²) in [7, 11) is 3.92. The molecule has 35 heavy (non-hydrogen) atoms. The van der Waals surface area contributed by atoms with E-state index in [1.54, 1.807) is 30.3 Å². The highest BCUT2D eigenvalue weighted by Gasteiger charge is 2.29. The molecule has 1 fully saturated rings. The normalized spacial score (nSPS) is 15.7. The van der Waals surface area contributed by atoms with Crippen molar-refractivity contribution in [2.75, 3.05) is 61.5 Å². The molecule has 1 aromatic heterocycles. The molecule has 5 rings (SSSR count). The molecule has 0 saturated carbocycles. The maximum Gasteiger partial charge on any atom is 0.254 e. The molecule has 3 heterocycles. The highest BCUT2D eigenvalue weighted by molar-refractivity contribution is 6.30. The molecule has 0 atom stereocenters. The number of para-hydroxylation sites is 1. The van der Waals surface area contributed by atoms with Gasteiger partial charge in [-0.2, -0.15) is 4.98 Å². The number of halogens is 2. The van der Waals surface area contributed by atoms with Crippen LogP contribution in [0.15, 0.2) is 48.5 Å². The molecule has 0 aliphatic carbocycles. The van der Waals surface area contributed by atoms with E-state index in [1.165, 1.54) is 6.07 Å². The Balaban J connectivity index is 1.34. The fourth-order valence-electron chi connectivity index (χ4n) is 4.70. The van der Waals surface area contributed by atoms with Gasteiger partial charge in [-0.05, 0) is 36.4 Å². The minimum Gasteiger partial charge on any atom is -0.366 e. The minimum atomic E-state index is -0.196. The first-order valence-corrected chi connectivity index (χ1v) is 12.1. The van der Waals surface area contributed by atoms with Crippen LogP contribution in [-0.4, -0.2) is 67.6 Å². The summed E-state index contributed by atoms with van der Waals surface area (Å²) in [4.78, 5) is 30.9. The Bertz CT molecular complexity index is 1230. The van der Waals surface area contributed by atoms with Gasteiger partial charge >= 0.3 is 0 Å². The van der Waals surface area contributed by atoms with Crippen LogP contribution in [0.1, 0.15) is 21.6 Å². The van der Waals surface area contributed by atoms with Crippen LogP contribution in [0.5, 0.6) is 0 Å². The number of carbonyl (C=O) groups excluding carboxylic acids is 1. The van der Waals surface area contributed by atoms with Crippen molar-refractivity contribution in [3.63, 3.8) is 0 Å². The van der Waals surface area contributed by atoms with Crippen molar-refractivity contribution < 1.29 is 9.18 Å². The molecule has 0 unspecified atom stereocenters. The number of rotatable bonds is 4. The fraction of sp³-hybridized carbons (Fsp3) is 0.346. The van der Waals surface area contributed by atoms with Crippen LogP contribution in [0.25, 0.3) is 0 Å². The van der Waals surface area contributed by atoms with Crippen molar-refractivity contribution in [1.29, 1.82) is 0 Å². The van der Waals surface area contributed by atoms with E-state index in [9.17, 15) is 9.18 Å². The molecule has 1 saturated heterocycles. The van der Waals surface area contributed by atoms with Crippen molar-refractivity contribution in [2.24, 2.45) is 0 Å². The van der Waals surface area contributed by atoms with E-state index in [4.69, 9.17) is 21.6 Å². The number of nitrogens with zero attached hydrogens (tertiary/aromatic N) is 6. The molecule has 0 N–H and O–H groups in total. The summed E-state index contributed by atoms with van der Waals surface area (Å²) >= 11 is 5.98.